The van der Waals surface area contributed by atoms with Gasteiger partial charge in [-0.25, -0.2) is 4.98 Å². The summed E-state index contributed by atoms with van der Waals surface area (Å²) >= 11 is 1.47. The zero-order valence-corrected chi connectivity index (χ0v) is 17.7. The Morgan fingerprint density at radius 2 is 1.93 bits per heavy atom. The van der Waals surface area contributed by atoms with Crippen LogP contribution in [0.5, 0.6) is 11.5 Å². The van der Waals surface area contributed by atoms with Crippen molar-refractivity contribution >= 4 is 32.6 Å². The first-order chi connectivity index (χ1) is 14.7. The molecular formula is C22H25N3O4S. The molecule has 0 radical (unpaired) electrons. The molecule has 3 aromatic rings. The second-order valence-electron chi connectivity index (χ2n) is 6.93. The van der Waals surface area contributed by atoms with Crippen LogP contribution in [-0.2, 0) is 16.1 Å². The van der Waals surface area contributed by atoms with Crippen LogP contribution < -0.4 is 14.8 Å². The van der Waals surface area contributed by atoms with E-state index in [0.29, 0.717) is 23.2 Å². The second-order valence-corrected chi connectivity index (χ2v) is 7.96. The molecule has 4 rings (SSSR count). The summed E-state index contributed by atoms with van der Waals surface area (Å²) in [7, 11) is 0. The van der Waals surface area contributed by atoms with E-state index in [1.807, 2.05) is 31.2 Å². The molecule has 0 atom stereocenters. The Labute approximate surface area is 179 Å². The number of morpholine rings is 1. The quantitative estimate of drug-likeness (QED) is 0.593. The average molecular weight is 428 g/mol. The Kier molecular flexibility index (Phi) is 6.78. The van der Waals surface area contributed by atoms with E-state index in [-0.39, 0.29) is 12.5 Å². The number of amides is 1. The van der Waals surface area contributed by atoms with Gasteiger partial charge < -0.3 is 14.2 Å². The van der Waals surface area contributed by atoms with E-state index in [9.17, 15) is 4.79 Å². The zero-order valence-electron chi connectivity index (χ0n) is 16.9. The van der Waals surface area contributed by atoms with Crippen molar-refractivity contribution in [3.63, 3.8) is 0 Å². The fourth-order valence-electron chi connectivity index (χ4n) is 3.28. The molecule has 1 aromatic heterocycles. The van der Waals surface area contributed by atoms with Gasteiger partial charge in [0.05, 0.1) is 30.0 Å². The first-order valence-corrected chi connectivity index (χ1v) is 10.9. The van der Waals surface area contributed by atoms with Gasteiger partial charge in [0.15, 0.2) is 23.2 Å². The van der Waals surface area contributed by atoms with Gasteiger partial charge in [0.25, 0.3) is 5.91 Å². The zero-order chi connectivity index (χ0) is 20.8. The molecule has 30 heavy (non-hydrogen) atoms. The van der Waals surface area contributed by atoms with Crippen molar-refractivity contribution in [1.82, 2.24) is 9.88 Å². The first kappa shape index (κ1) is 20.6. The minimum atomic E-state index is -0.256. The number of nitrogens with zero attached hydrogens (tertiary/aromatic N) is 2. The first-order valence-electron chi connectivity index (χ1n) is 10.1. The Morgan fingerprint density at radius 3 is 2.70 bits per heavy atom. The van der Waals surface area contributed by atoms with E-state index in [2.05, 4.69) is 27.3 Å². The molecule has 0 unspecified atom stereocenters. The van der Waals surface area contributed by atoms with Crippen LogP contribution in [0.15, 0.2) is 42.5 Å². The molecule has 158 valence electrons. The molecule has 0 saturated carbocycles. The lowest BCUT2D eigenvalue weighted by atomic mass is 10.2. The topological polar surface area (TPSA) is 72.9 Å². The molecule has 0 bridgehead atoms. The number of carbonyl (C=O) groups is 1. The highest BCUT2D eigenvalue weighted by Crippen LogP contribution is 2.28. The number of rotatable bonds is 8. The normalized spacial score (nSPS) is 14.6. The highest BCUT2D eigenvalue weighted by molar-refractivity contribution is 7.22. The number of fused-ring (bicyclic) bond motifs is 1. The van der Waals surface area contributed by atoms with Crippen LogP contribution in [0.3, 0.4) is 0 Å². The van der Waals surface area contributed by atoms with Crippen LogP contribution in [0.2, 0.25) is 0 Å². The minimum Gasteiger partial charge on any atom is -0.490 e. The summed E-state index contributed by atoms with van der Waals surface area (Å²) in [5.41, 5.74) is 2.12. The minimum absolute atomic E-state index is 0.109. The Hall–Kier alpha value is -2.68. The summed E-state index contributed by atoms with van der Waals surface area (Å²) in [5, 5.41) is 3.40. The average Bonchev–Trinajstić information content (AvgIpc) is 3.15. The molecular weight excluding hydrogens is 402 g/mol. The van der Waals surface area contributed by atoms with Crippen LogP contribution in [-0.4, -0.2) is 55.3 Å². The van der Waals surface area contributed by atoms with Gasteiger partial charge in [-0.05, 0) is 36.8 Å². The molecule has 1 N–H and O–H groups in total. The third-order valence-electron chi connectivity index (χ3n) is 4.72. The summed E-state index contributed by atoms with van der Waals surface area (Å²) in [6.07, 6.45) is 0. The molecule has 1 aliphatic heterocycles. The van der Waals surface area contributed by atoms with E-state index < -0.39 is 0 Å². The van der Waals surface area contributed by atoms with Gasteiger partial charge in [-0.3, -0.25) is 15.0 Å². The molecule has 1 fully saturated rings. The number of para-hydroxylation sites is 2. The lowest BCUT2D eigenvalue weighted by Crippen LogP contribution is -2.35. The van der Waals surface area contributed by atoms with Crippen molar-refractivity contribution in [2.75, 3.05) is 44.8 Å². The molecule has 1 aliphatic rings. The van der Waals surface area contributed by atoms with Crippen LogP contribution in [0.25, 0.3) is 10.2 Å². The number of thiazole rings is 1. The van der Waals surface area contributed by atoms with Crippen molar-refractivity contribution in [1.29, 1.82) is 0 Å². The monoisotopic (exact) mass is 427 g/mol. The van der Waals surface area contributed by atoms with Crippen molar-refractivity contribution in [3.05, 3.63) is 48.0 Å². The highest BCUT2D eigenvalue weighted by Gasteiger charge is 2.13. The SMILES string of the molecule is CCOc1ccccc1OCC(=O)Nc1nc2ccc(CN3CCOCC3)cc2s1. The fraction of sp³-hybridized carbons (Fsp3) is 0.364. The van der Waals surface area contributed by atoms with Crippen LogP contribution in [0, 0.1) is 0 Å². The standard InChI is InChI=1S/C22H25N3O4S/c1-2-28-18-5-3-4-6-19(18)29-15-21(26)24-22-23-17-8-7-16(13-20(17)30-22)14-25-9-11-27-12-10-25/h3-8,13H,2,9-12,14-15H2,1H3,(H,23,24,26). The Balaban J connectivity index is 1.36. The lowest BCUT2D eigenvalue weighted by Gasteiger charge is -2.26. The fourth-order valence-corrected chi connectivity index (χ4v) is 4.23. The van der Waals surface area contributed by atoms with Crippen molar-refractivity contribution < 1.29 is 19.0 Å². The van der Waals surface area contributed by atoms with Gasteiger partial charge in [-0.1, -0.05) is 29.5 Å². The van der Waals surface area contributed by atoms with Crippen molar-refractivity contribution in [2.24, 2.45) is 0 Å². The van der Waals surface area contributed by atoms with E-state index in [0.717, 1.165) is 43.1 Å². The van der Waals surface area contributed by atoms with Gasteiger partial charge in [-0.2, -0.15) is 0 Å². The summed E-state index contributed by atoms with van der Waals surface area (Å²) in [4.78, 5) is 19.2. The molecule has 0 aliphatic carbocycles. The molecule has 2 heterocycles. The maximum absolute atomic E-state index is 12.3. The number of anilines is 1. The lowest BCUT2D eigenvalue weighted by molar-refractivity contribution is -0.118. The summed E-state index contributed by atoms with van der Waals surface area (Å²) in [5.74, 6) is 0.918. The molecule has 7 nitrogen and oxygen atoms in total. The largest absolute Gasteiger partial charge is 0.490 e. The Morgan fingerprint density at radius 1 is 1.17 bits per heavy atom. The predicted octanol–water partition coefficient (Wildman–Crippen LogP) is 3.54. The summed E-state index contributed by atoms with van der Waals surface area (Å²) in [6.45, 7) is 6.71. The molecule has 1 saturated heterocycles. The summed E-state index contributed by atoms with van der Waals surface area (Å²) < 4.78 is 17.6. The van der Waals surface area contributed by atoms with E-state index in [1.54, 1.807) is 6.07 Å². The third kappa shape index (κ3) is 5.27. The van der Waals surface area contributed by atoms with Gasteiger partial charge >= 0.3 is 0 Å². The van der Waals surface area contributed by atoms with Crippen molar-refractivity contribution in [2.45, 2.75) is 13.5 Å². The smallest absolute Gasteiger partial charge is 0.264 e. The van der Waals surface area contributed by atoms with Crippen LogP contribution >= 0.6 is 11.3 Å². The second kappa shape index (κ2) is 9.88. The number of hydrogen-bond acceptors (Lipinski definition) is 7. The molecule has 1 amide bonds. The molecule has 8 heteroatoms. The van der Waals surface area contributed by atoms with E-state index in [4.69, 9.17) is 14.2 Å². The molecule has 2 aromatic carbocycles. The highest BCUT2D eigenvalue weighted by atomic mass is 32.1. The molecule has 0 spiro atoms. The van der Waals surface area contributed by atoms with Gasteiger partial charge in [0.1, 0.15) is 0 Å². The van der Waals surface area contributed by atoms with Crippen molar-refractivity contribution in [3.8, 4) is 11.5 Å². The van der Waals surface area contributed by atoms with Gasteiger partial charge in [0, 0.05) is 19.6 Å². The number of hydrogen-bond donors (Lipinski definition) is 1. The summed E-state index contributed by atoms with van der Waals surface area (Å²) in [6, 6.07) is 13.6. The van der Waals surface area contributed by atoms with Crippen LogP contribution in [0.1, 0.15) is 12.5 Å². The van der Waals surface area contributed by atoms with E-state index >= 15 is 0 Å². The number of carbonyl (C=O) groups excluding carboxylic acids is 1. The van der Waals surface area contributed by atoms with Gasteiger partial charge in [-0.15, -0.1) is 0 Å². The van der Waals surface area contributed by atoms with Gasteiger partial charge in [0.2, 0.25) is 0 Å². The predicted molar refractivity (Wildman–Crippen MR) is 117 cm³/mol. The number of aromatic nitrogens is 1. The maximum atomic E-state index is 12.3. The number of nitrogens with one attached hydrogen (secondary N) is 1. The number of ether oxygens (including phenoxy) is 3. The van der Waals surface area contributed by atoms with Crippen LogP contribution in [0.4, 0.5) is 5.13 Å². The third-order valence-corrected chi connectivity index (χ3v) is 5.65. The van der Waals surface area contributed by atoms with E-state index in [1.165, 1.54) is 16.9 Å². The Bertz CT molecular complexity index is 1000. The number of benzene rings is 2. The maximum Gasteiger partial charge on any atom is 0.264 e.